The summed E-state index contributed by atoms with van der Waals surface area (Å²) in [5, 5.41) is 0. The molecule has 1 aromatic rings. The van der Waals surface area contributed by atoms with Crippen molar-refractivity contribution in [2.24, 2.45) is 4.99 Å². The second-order valence-electron chi connectivity index (χ2n) is 3.07. The Morgan fingerprint density at radius 1 is 1.20 bits per heavy atom. The number of nitrogens with zero attached hydrogens (tertiary/aromatic N) is 1. The molecule has 1 unspecified atom stereocenters. The van der Waals surface area contributed by atoms with Gasteiger partial charge in [-0.1, -0.05) is 18.2 Å². The maximum absolute atomic E-state index is 11.9. The Morgan fingerprint density at radius 2 is 1.87 bits per heavy atom. The van der Waals surface area contributed by atoms with Crippen molar-refractivity contribution < 1.29 is 36.7 Å². The number of benzene rings is 1. The lowest BCUT2D eigenvalue weighted by Crippen LogP contribution is -3.11. The van der Waals surface area contributed by atoms with Gasteiger partial charge in [-0.3, -0.25) is 0 Å². The quantitative estimate of drug-likeness (QED) is 0.565. The van der Waals surface area contributed by atoms with Crippen molar-refractivity contribution in [2.45, 2.75) is 4.90 Å². The molecule has 1 aromatic carbocycles. The number of nitrogens with one attached hydrogen (secondary N) is 1. The predicted octanol–water partition coefficient (Wildman–Crippen LogP) is -3.69. The molecule has 1 N–H and O–H groups in total. The molecule has 4 nitrogen and oxygen atoms in total. The fourth-order valence-electron chi connectivity index (χ4n) is 1.36. The minimum absolute atomic E-state index is 0. The van der Waals surface area contributed by atoms with Gasteiger partial charge in [0, 0.05) is 0 Å². The molecule has 1 aliphatic heterocycles. The first-order chi connectivity index (χ1) is 6.71. The van der Waals surface area contributed by atoms with E-state index < -0.39 is 10.0 Å². The Hall–Kier alpha value is -0.470. The van der Waals surface area contributed by atoms with E-state index in [-0.39, 0.29) is 24.0 Å². The SMILES string of the molecule is O=S(=O)(c1ccccc1)[NH+]1C=NCC1.[I-]. The largest absolute Gasteiger partial charge is 1.00 e. The second kappa shape index (κ2) is 5.04. The Bertz CT molecular complexity index is 444. The Labute approximate surface area is 106 Å². The normalized spacial score (nSPS) is 19.9. The zero-order chi connectivity index (χ0) is 10.0. The van der Waals surface area contributed by atoms with Crippen molar-refractivity contribution in [1.29, 1.82) is 0 Å². The van der Waals surface area contributed by atoms with Crippen LogP contribution in [0.3, 0.4) is 0 Å². The second-order valence-corrected chi connectivity index (χ2v) is 5.07. The van der Waals surface area contributed by atoms with Crippen LogP contribution in [0.2, 0.25) is 0 Å². The topological polar surface area (TPSA) is 50.9 Å². The molecule has 0 radical (unpaired) electrons. The van der Waals surface area contributed by atoms with Gasteiger partial charge in [-0.25, -0.2) is 4.99 Å². The summed E-state index contributed by atoms with van der Waals surface area (Å²) in [6, 6.07) is 8.45. The molecule has 1 heterocycles. The highest BCUT2D eigenvalue weighted by Gasteiger charge is 2.28. The minimum atomic E-state index is -3.27. The molecule has 1 aliphatic rings. The van der Waals surface area contributed by atoms with Crippen LogP contribution in [0, 0.1) is 0 Å². The first-order valence-electron chi connectivity index (χ1n) is 4.37. The zero-order valence-corrected chi connectivity index (χ0v) is 10.9. The monoisotopic (exact) mass is 338 g/mol. The van der Waals surface area contributed by atoms with Gasteiger partial charge in [0.15, 0.2) is 6.34 Å². The maximum atomic E-state index is 11.9. The van der Waals surface area contributed by atoms with Gasteiger partial charge in [-0.2, -0.15) is 12.7 Å². The van der Waals surface area contributed by atoms with Gasteiger partial charge in [-0.15, -0.1) is 0 Å². The summed E-state index contributed by atoms with van der Waals surface area (Å²) < 4.78 is 24.2. The van der Waals surface area contributed by atoms with Crippen LogP contribution < -0.4 is 28.3 Å². The third kappa shape index (κ3) is 2.56. The molecule has 0 aliphatic carbocycles. The average Bonchev–Trinajstić information content (AvgIpc) is 2.72. The van der Waals surface area contributed by atoms with Gasteiger partial charge in [0.2, 0.25) is 0 Å². The number of hydrogen-bond donors (Lipinski definition) is 1. The van der Waals surface area contributed by atoms with Crippen LogP contribution in [0.4, 0.5) is 0 Å². The third-order valence-corrected chi connectivity index (χ3v) is 4.01. The molecule has 0 fully saturated rings. The number of halogens is 1. The zero-order valence-electron chi connectivity index (χ0n) is 7.93. The Morgan fingerprint density at radius 3 is 2.40 bits per heavy atom. The smallest absolute Gasteiger partial charge is 0.331 e. The van der Waals surface area contributed by atoms with Gasteiger partial charge in [-0.05, 0) is 12.1 Å². The molecule has 0 aromatic heterocycles. The summed E-state index contributed by atoms with van der Waals surface area (Å²) in [5.74, 6) is 0. The molecule has 0 saturated heterocycles. The summed E-state index contributed by atoms with van der Waals surface area (Å²) >= 11 is 0. The summed E-state index contributed by atoms with van der Waals surface area (Å²) in [4.78, 5) is 4.27. The fraction of sp³-hybridized carbons (Fsp3) is 0.222. The van der Waals surface area contributed by atoms with E-state index in [1.165, 1.54) is 6.34 Å². The molecule has 1 atom stereocenters. The van der Waals surface area contributed by atoms with Gasteiger partial charge in [0.1, 0.15) is 11.4 Å². The van der Waals surface area contributed by atoms with Crippen molar-refractivity contribution in [3.63, 3.8) is 0 Å². The molecular formula is C9H11IN2O2S. The molecule has 0 amide bonds. The van der Waals surface area contributed by atoms with Gasteiger partial charge in [0.25, 0.3) is 0 Å². The molecule has 15 heavy (non-hydrogen) atoms. The van der Waals surface area contributed by atoms with Crippen LogP contribution in [0.5, 0.6) is 0 Å². The first-order valence-corrected chi connectivity index (χ1v) is 5.85. The highest BCUT2D eigenvalue weighted by Crippen LogP contribution is 2.04. The molecule has 2 rings (SSSR count). The third-order valence-electron chi connectivity index (χ3n) is 2.12. The highest BCUT2D eigenvalue weighted by atomic mass is 127. The average molecular weight is 338 g/mol. The van der Waals surface area contributed by atoms with Gasteiger partial charge in [0.05, 0.1) is 6.54 Å². The summed E-state index contributed by atoms with van der Waals surface area (Å²) in [5.41, 5.74) is 0. The van der Waals surface area contributed by atoms with E-state index in [0.717, 1.165) is 0 Å². The van der Waals surface area contributed by atoms with Crippen molar-refractivity contribution in [2.75, 3.05) is 13.1 Å². The molecular weight excluding hydrogens is 327 g/mol. The standard InChI is InChI=1S/C9H10N2O2S.HI/c12-14(13,11-7-6-10-8-11)9-4-2-1-3-5-9;/h1-5,8H,6-7H2;1H. The number of sulfonamides is 1. The van der Waals surface area contributed by atoms with Crippen molar-refractivity contribution in [3.8, 4) is 0 Å². The number of hydrogen-bond acceptors (Lipinski definition) is 3. The van der Waals surface area contributed by atoms with E-state index in [4.69, 9.17) is 0 Å². The van der Waals surface area contributed by atoms with E-state index in [1.54, 1.807) is 30.3 Å². The minimum Gasteiger partial charge on any atom is -1.00 e. The van der Waals surface area contributed by atoms with Crippen LogP contribution in [0.25, 0.3) is 0 Å². The number of quaternary nitrogens is 1. The van der Waals surface area contributed by atoms with Crippen LogP contribution in [-0.4, -0.2) is 27.8 Å². The van der Waals surface area contributed by atoms with E-state index in [9.17, 15) is 8.42 Å². The van der Waals surface area contributed by atoms with Crippen molar-refractivity contribution in [1.82, 2.24) is 0 Å². The lowest BCUT2D eigenvalue weighted by atomic mass is 10.4. The first kappa shape index (κ1) is 12.6. The predicted molar refractivity (Wildman–Crippen MR) is 52.8 cm³/mol. The van der Waals surface area contributed by atoms with Gasteiger partial charge < -0.3 is 24.0 Å². The van der Waals surface area contributed by atoms with Crippen molar-refractivity contribution >= 4 is 16.4 Å². The van der Waals surface area contributed by atoms with E-state index >= 15 is 0 Å². The number of rotatable bonds is 2. The van der Waals surface area contributed by atoms with E-state index in [1.807, 2.05) is 0 Å². The number of aliphatic imine (C=N–C) groups is 1. The molecule has 0 spiro atoms. The summed E-state index contributed by atoms with van der Waals surface area (Å²) in [6.07, 6.45) is 1.46. The van der Waals surface area contributed by atoms with E-state index in [0.29, 0.717) is 22.3 Å². The Kier molecular flexibility index (Phi) is 4.23. The summed E-state index contributed by atoms with van der Waals surface area (Å²) in [7, 11) is -3.27. The fourth-order valence-corrected chi connectivity index (χ4v) is 2.75. The molecule has 0 saturated carbocycles. The molecule has 82 valence electrons. The molecule has 0 bridgehead atoms. The van der Waals surface area contributed by atoms with E-state index in [2.05, 4.69) is 4.99 Å². The van der Waals surface area contributed by atoms with Crippen LogP contribution >= 0.6 is 0 Å². The summed E-state index contributed by atoms with van der Waals surface area (Å²) in [6.45, 7) is 1.11. The van der Waals surface area contributed by atoms with Gasteiger partial charge >= 0.3 is 10.0 Å². The maximum Gasteiger partial charge on any atom is 0.331 e. The lowest BCUT2D eigenvalue weighted by molar-refractivity contribution is -0.643. The van der Waals surface area contributed by atoms with Crippen LogP contribution in [0.15, 0.2) is 40.2 Å². The Balaban J connectivity index is 0.00000112. The van der Waals surface area contributed by atoms with Crippen molar-refractivity contribution in [3.05, 3.63) is 30.3 Å². The molecule has 6 heteroatoms. The van der Waals surface area contributed by atoms with Crippen LogP contribution in [-0.2, 0) is 10.0 Å². The lowest BCUT2D eigenvalue weighted by Gasteiger charge is -2.08. The van der Waals surface area contributed by atoms with Crippen LogP contribution in [0.1, 0.15) is 0 Å². The highest BCUT2D eigenvalue weighted by molar-refractivity contribution is 7.85.